The Hall–Kier alpha value is -0.920. The minimum absolute atomic E-state index is 0. The number of nitrogens with zero attached hydrogens (tertiary/aromatic N) is 2. The van der Waals surface area contributed by atoms with Gasteiger partial charge < -0.3 is 0 Å². The molecule has 0 amide bonds. The largest absolute Gasteiger partial charge is 0.262 e. The highest BCUT2D eigenvalue weighted by Gasteiger charge is 1.59. The normalized spacial score (nSPS) is 8.00. The van der Waals surface area contributed by atoms with Crippen LogP contribution in [-0.4, -0.2) is 9.97 Å². The third-order valence-electron chi connectivity index (χ3n) is 0.478. The molecule has 0 radical (unpaired) electrons. The molecule has 0 aliphatic rings. The summed E-state index contributed by atoms with van der Waals surface area (Å²) in [6.45, 7) is 0. The second-order valence-electron chi connectivity index (χ2n) is 0.894. The molecule has 0 fully saturated rings. The average molecular weight is 88.2 g/mol. The third-order valence-corrected chi connectivity index (χ3v) is 0.478. The molecule has 0 saturated heterocycles. The van der Waals surface area contributed by atoms with Crippen molar-refractivity contribution in [1.82, 2.24) is 9.97 Å². The van der Waals surface area contributed by atoms with Crippen LogP contribution in [0.25, 0.3) is 0 Å². The fourth-order valence-electron chi connectivity index (χ4n) is 0.253. The van der Waals surface area contributed by atoms with Gasteiger partial charge in [-0.2, -0.15) is 0 Å². The van der Waals surface area contributed by atoms with Gasteiger partial charge in [0.2, 0.25) is 0 Å². The molecule has 1 aromatic heterocycles. The van der Waals surface area contributed by atoms with Crippen molar-refractivity contribution in [1.29, 1.82) is 0 Å². The molecule has 6 heavy (non-hydrogen) atoms. The number of hydrogen-bond acceptors (Lipinski definition) is 2. The van der Waals surface area contributed by atoms with Gasteiger partial charge in [-0.1, -0.05) is 0 Å². The summed E-state index contributed by atoms with van der Waals surface area (Å²) in [5.74, 6) is 0. The Kier molecular flexibility index (Phi) is 0.819. The molecule has 1 rings (SSSR count). The first-order valence-electron chi connectivity index (χ1n) is 1.70. The smallest absolute Gasteiger partial charge is 0.0451 e. The van der Waals surface area contributed by atoms with E-state index >= 15 is 0 Å². The lowest BCUT2D eigenvalue weighted by atomic mass is 10.8. The molecule has 0 aliphatic carbocycles. The van der Waals surface area contributed by atoms with Crippen molar-refractivity contribution >= 4 is 0 Å². The van der Waals surface area contributed by atoms with E-state index in [0.29, 0.717) is 0 Å². The second-order valence-corrected chi connectivity index (χ2v) is 0.894. The van der Waals surface area contributed by atoms with Crippen molar-refractivity contribution in [2.75, 3.05) is 0 Å². The predicted octanol–water partition coefficient (Wildman–Crippen LogP) is 1.46. The second kappa shape index (κ2) is 1.50. The zero-order valence-corrected chi connectivity index (χ0v) is 3.20. The molecular formula is C4H12N2. The zero-order chi connectivity index (χ0) is 4.24. The van der Waals surface area contributed by atoms with Gasteiger partial charge in [0.15, 0.2) is 0 Å². The van der Waals surface area contributed by atoms with Crippen LogP contribution >= 0.6 is 0 Å². The van der Waals surface area contributed by atoms with Crippen LogP contribution in [0.5, 0.6) is 0 Å². The molecule has 0 aliphatic heterocycles. The first-order chi connectivity index (χ1) is 3.00. The summed E-state index contributed by atoms with van der Waals surface area (Å²) >= 11 is 0. The Balaban J connectivity index is -0.0000000450. The molecule has 0 saturated carbocycles. The van der Waals surface area contributed by atoms with Gasteiger partial charge >= 0.3 is 0 Å². The van der Waals surface area contributed by atoms with E-state index in [4.69, 9.17) is 0 Å². The summed E-state index contributed by atoms with van der Waals surface area (Å²) in [5.41, 5.74) is 0. The Morgan fingerprint density at radius 2 is 1.17 bits per heavy atom. The van der Waals surface area contributed by atoms with Gasteiger partial charge in [-0.25, -0.2) is 0 Å². The van der Waals surface area contributed by atoms with Crippen LogP contribution in [0.15, 0.2) is 24.8 Å². The molecule has 1 aromatic rings. The minimum Gasteiger partial charge on any atom is -0.262 e. The molecule has 0 spiro atoms. The Morgan fingerprint density at radius 3 is 1.33 bits per heavy atom. The van der Waals surface area contributed by atoms with Gasteiger partial charge in [0.05, 0.1) is 0 Å². The standard InChI is InChI=1S/C4H4N2.4H2/c1-2-6-4-3-5-1;;;;/h1-4H;4*1H. The van der Waals surface area contributed by atoms with Gasteiger partial charge in [0, 0.05) is 30.5 Å². The lowest BCUT2D eigenvalue weighted by Crippen LogP contribution is -1.66. The molecule has 2 heteroatoms. The SMILES string of the molecule is [HH].[HH].[HH].[HH].c1cnccn1. The summed E-state index contributed by atoms with van der Waals surface area (Å²) in [6, 6.07) is 0. The van der Waals surface area contributed by atoms with Crippen LogP contribution in [0.2, 0.25) is 0 Å². The van der Waals surface area contributed by atoms with Crippen molar-refractivity contribution in [3.05, 3.63) is 24.8 Å². The van der Waals surface area contributed by atoms with E-state index in [1.807, 2.05) is 0 Å². The van der Waals surface area contributed by atoms with Crippen LogP contribution in [-0.2, 0) is 0 Å². The highest BCUT2D eigenvalue weighted by atomic mass is 14.7. The van der Waals surface area contributed by atoms with Crippen LogP contribution in [0.4, 0.5) is 0 Å². The number of rotatable bonds is 0. The Labute approximate surface area is 41.8 Å². The lowest BCUT2D eigenvalue weighted by molar-refractivity contribution is 1.20. The van der Waals surface area contributed by atoms with E-state index in [1.54, 1.807) is 24.8 Å². The van der Waals surface area contributed by atoms with Gasteiger partial charge in [-0.15, -0.1) is 0 Å². The van der Waals surface area contributed by atoms with Crippen molar-refractivity contribution in [2.24, 2.45) is 0 Å². The van der Waals surface area contributed by atoms with Crippen LogP contribution in [0.3, 0.4) is 0 Å². The molecule has 38 valence electrons. The maximum Gasteiger partial charge on any atom is 0.0451 e. The van der Waals surface area contributed by atoms with Crippen molar-refractivity contribution in [2.45, 2.75) is 0 Å². The molecular weight excluding hydrogens is 76.1 g/mol. The molecule has 0 unspecified atom stereocenters. The Bertz CT molecular complexity index is 87.2. The van der Waals surface area contributed by atoms with E-state index in [-0.39, 0.29) is 5.71 Å². The van der Waals surface area contributed by atoms with Crippen LogP contribution < -0.4 is 0 Å². The van der Waals surface area contributed by atoms with Crippen molar-refractivity contribution < 1.29 is 5.71 Å². The topological polar surface area (TPSA) is 25.8 Å². The summed E-state index contributed by atoms with van der Waals surface area (Å²) in [5, 5.41) is 0. The lowest BCUT2D eigenvalue weighted by Gasteiger charge is -1.70. The number of aromatic nitrogens is 2. The van der Waals surface area contributed by atoms with E-state index in [9.17, 15) is 0 Å². The average Bonchev–Trinajstić information content (AvgIpc) is 1.72. The van der Waals surface area contributed by atoms with E-state index in [0.717, 1.165) is 0 Å². The number of hydrogen-bond donors (Lipinski definition) is 0. The van der Waals surface area contributed by atoms with E-state index < -0.39 is 0 Å². The summed E-state index contributed by atoms with van der Waals surface area (Å²) in [6.07, 6.45) is 6.56. The summed E-state index contributed by atoms with van der Waals surface area (Å²) in [7, 11) is 0. The quantitative estimate of drug-likeness (QED) is 0.479. The van der Waals surface area contributed by atoms with Crippen LogP contribution in [0, 0.1) is 0 Å². The van der Waals surface area contributed by atoms with Gasteiger partial charge in [-0.05, 0) is 0 Å². The van der Waals surface area contributed by atoms with Crippen molar-refractivity contribution in [3.63, 3.8) is 0 Å². The molecule has 1 heterocycles. The minimum atomic E-state index is 0. The fourth-order valence-corrected chi connectivity index (χ4v) is 0.253. The van der Waals surface area contributed by atoms with Gasteiger partial charge in [0.25, 0.3) is 0 Å². The zero-order valence-electron chi connectivity index (χ0n) is 3.20. The summed E-state index contributed by atoms with van der Waals surface area (Å²) in [4.78, 5) is 7.44. The maximum atomic E-state index is 3.72. The third kappa shape index (κ3) is 0.516. The first-order valence-corrected chi connectivity index (χ1v) is 1.70. The van der Waals surface area contributed by atoms with Crippen LogP contribution in [0.1, 0.15) is 5.71 Å². The molecule has 0 N–H and O–H groups in total. The van der Waals surface area contributed by atoms with E-state index in [2.05, 4.69) is 9.97 Å². The molecule has 0 aromatic carbocycles. The predicted molar refractivity (Wildman–Crippen MR) is 30.5 cm³/mol. The van der Waals surface area contributed by atoms with Crippen molar-refractivity contribution in [3.8, 4) is 0 Å². The molecule has 0 bridgehead atoms. The molecule has 0 atom stereocenters. The van der Waals surface area contributed by atoms with E-state index in [1.165, 1.54) is 0 Å². The molecule has 2 nitrogen and oxygen atoms in total. The monoisotopic (exact) mass is 88.1 g/mol. The summed E-state index contributed by atoms with van der Waals surface area (Å²) < 4.78 is 0. The maximum absolute atomic E-state index is 3.72. The van der Waals surface area contributed by atoms with Gasteiger partial charge in [-0.3, -0.25) is 9.97 Å². The van der Waals surface area contributed by atoms with Gasteiger partial charge in [0.1, 0.15) is 0 Å². The Morgan fingerprint density at radius 1 is 0.833 bits per heavy atom. The fraction of sp³-hybridized carbons (Fsp3) is 0. The highest BCUT2D eigenvalue weighted by Crippen LogP contribution is 1.65. The first kappa shape index (κ1) is 3.28. The highest BCUT2D eigenvalue weighted by molar-refractivity contribution is 4.70.